The Bertz CT molecular complexity index is 550. The Kier molecular flexibility index (Phi) is 3.96. The molecule has 0 fully saturated rings. The topological polar surface area (TPSA) is 44.1 Å². The van der Waals surface area contributed by atoms with Gasteiger partial charge in [0.2, 0.25) is 5.91 Å². The summed E-state index contributed by atoms with van der Waals surface area (Å²) >= 11 is 3.49. The largest absolute Gasteiger partial charge is 0.311 e. The van der Waals surface area contributed by atoms with Crippen molar-refractivity contribution in [3.05, 3.63) is 28.2 Å². The average molecular weight is 321 g/mol. The number of anilines is 1. The Morgan fingerprint density at radius 1 is 1.58 bits per heavy atom. The lowest BCUT2D eigenvalue weighted by Gasteiger charge is -2.24. The van der Waals surface area contributed by atoms with Crippen molar-refractivity contribution in [3.8, 4) is 6.07 Å². The van der Waals surface area contributed by atoms with E-state index in [0.717, 1.165) is 16.6 Å². The SMILES string of the molecule is CCC(=O)N1CC(C)(CCC#N)c2cc(Br)ccc21. The van der Waals surface area contributed by atoms with Crippen LogP contribution in [0.3, 0.4) is 0 Å². The monoisotopic (exact) mass is 320 g/mol. The second-order valence-electron chi connectivity index (χ2n) is 5.21. The Balaban J connectivity index is 2.45. The van der Waals surface area contributed by atoms with E-state index >= 15 is 0 Å². The van der Waals surface area contributed by atoms with Crippen LogP contribution in [-0.4, -0.2) is 12.5 Å². The number of fused-ring (bicyclic) bond motifs is 1. The van der Waals surface area contributed by atoms with E-state index in [1.54, 1.807) is 0 Å². The zero-order valence-corrected chi connectivity index (χ0v) is 12.8. The smallest absolute Gasteiger partial charge is 0.226 e. The summed E-state index contributed by atoms with van der Waals surface area (Å²) in [6.07, 6.45) is 1.79. The van der Waals surface area contributed by atoms with E-state index in [9.17, 15) is 4.79 Å². The third-order valence-corrected chi connectivity index (χ3v) is 4.29. The van der Waals surface area contributed by atoms with Crippen molar-refractivity contribution in [2.75, 3.05) is 11.4 Å². The van der Waals surface area contributed by atoms with E-state index in [2.05, 4.69) is 35.0 Å². The average Bonchev–Trinajstić information content (AvgIpc) is 2.69. The molecule has 0 aliphatic carbocycles. The second kappa shape index (κ2) is 5.34. The normalized spacial score (nSPS) is 21.1. The van der Waals surface area contributed by atoms with Crippen LogP contribution in [0.25, 0.3) is 0 Å². The summed E-state index contributed by atoms with van der Waals surface area (Å²) in [5.41, 5.74) is 2.04. The Morgan fingerprint density at radius 3 is 2.95 bits per heavy atom. The van der Waals surface area contributed by atoms with Gasteiger partial charge in [-0.25, -0.2) is 0 Å². The third kappa shape index (κ3) is 2.52. The molecular formula is C15H17BrN2O. The number of halogens is 1. The molecule has 2 rings (SSSR count). The fourth-order valence-corrected chi connectivity index (χ4v) is 3.07. The molecule has 1 atom stereocenters. The predicted molar refractivity (Wildman–Crippen MR) is 79.0 cm³/mol. The van der Waals surface area contributed by atoms with E-state index in [1.165, 1.54) is 5.56 Å². The van der Waals surface area contributed by atoms with Gasteiger partial charge in [-0.2, -0.15) is 5.26 Å². The molecular weight excluding hydrogens is 304 g/mol. The first kappa shape index (κ1) is 14.1. The van der Waals surface area contributed by atoms with E-state index < -0.39 is 0 Å². The molecule has 1 aliphatic rings. The third-order valence-electron chi connectivity index (χ3n) is 3.80. The Hall–Kier alpha value is -1.34. The van der Waals surface area contributed by atoms with Crippen molar-refractivity contribution in [3.63, 3.8) is 0 Å². The van der Waals surface area contributed by atoms with Gasteiger partial charge in [-0.15, -0.1) is 0 Å². The zero-order chi connectivity index (χ0) is 14.0. The first-order valence-electron chi connectivity index (χ1n) is 6.49. The highest BCUT2D eigenvalue weighted by Crippen LogP contribution is 2.44. The number of hydrogen-bond donors (Lipinski definition) is 0. The fourth-order valence-electron chi connectivity index (χ4n) is 2.71. The lowest BCUT2D eigenvalue weighted by Crippen LogP contribution is -2.34. The van der Waals surface area contributed by atoms with Gasteiger partial charge < -0.3 is 4.90 Å². The molecule has 0 spiro atoms. The van der Waals surface area contributed by atoms with Gasteiger partial charge in [0.15, 0.2) is 0 Å². The summed E-state index contributed by atoms with van der Waals surface area (Å²) in [6, 6.07) is 8.24. The van der Waals surface area contributed by atoms with Crippen LogP contribution in [0.15, 0.2) is 22.7 Å². The van der Waals surface area contributed by atoms with Gasteiger partial charge in [0.1, 0.15) is 0 Å². The van der Waals surface area contributed by atoms with Crippen LogP contribution in [0, 0.1) is 11.3 Å². The number of benzene rings is 1. The maximum atomic E-state index is 12.1. The highest BCUT2D eigenvalue weighted by molar-refractivity contribution is 9.10. The maximum Gasteiger partial charge on any atom is 0.226 e. The zero-order valence-electron chi connectivity index (χ0n) is 11.2. The molecule has 1 aromatic carbocycles. The first-order chi connectivity index (χ1) is 9.01. The molecule has 100 valence electrons. The predicted octanol–water partition coefficient (Wildman–Crippen LogP) is 3.77. The van der Waals surface area contributed by atoms with E-state index in [4.69, 9.17) is 5.26 Å². The van der Waals surface area contributed by atoms with Crippen LogP contribution in [0.5, 0.6) is 0 Å². The first-order valence-corrected chi connectivity index (χ1v) is 7.28. The van der Waals surface area contributed by atoms with Gasteiger partial charge in [0, 0.05) is 35.0 Å². The second-order valence-corrected chi connectivity index (χ2v) is 6.13. The molecule has 1 unspecified atom stereocenters. The maximum absolute atomic E-state index is 12.1. The highest BCUT2D eigenvalue weighted by atomic mass is 79.9. The van der Waals surface area contributed by atoms with Gasteiger partial charge in [-0.05, 0) is 30.2 Å². The van der Waals surface area contributed by atoms with Crippen molar-refractivity contribution in [1.29, 1.82) is 5.26 Å². The number of nitriles is 1. The van der Waals surface area contributed by atoms with Crippen molar-refractivity contribution < 1.29 is 4.79 Å². The van der Waals surface area contributed by atoms with Crippen molar-refractivity contribution in [1.82, 2.24) is 0 Å². The molecule has 19 heavy (non-hydrogen) atoms. The van der Waals surface area contributed by atoms with Gasteiger partial charge in [-0.1, -0.05) is 29.8 Å². The minimum atomic E-state index is -0.125. The molecule has 1 aromatic rings. The molecule has 0 bridgehead atoms. The van der Waals surface area contributed by atoms with E-state index in [-0.39, 0.29) is 11.3 Å². The summed E-state index contributed by atoms with van der Waals surface area (Å²) in [5, 5.41) is 8.83. The molecule has 1 aliphatic heterocycles. The quantitative estimate of drug-likeness (QED) is 0.851. The fraction of sp³-hybridized carbons (Fsp3) is 0.467. The van der Waals surface area contributed by atoms with E-state index in [0.29, 0.717) is 19.4 Å². The number of hydrogen-bond acceptors (Lipinski definition) is 2. The number of amides is 1. The van der Waals surface area contributed by atoms with Gasteiger partial charge in [0.25, 0.3) is 0 Å². The van der Waals surface area contributed by atoms with E-state index in [1.807, 2.05) is 24.0 Å². The molecule has 0 N–H and O–H groups in total. The lowest BCUT2D eigenvalue weighted by molar-refractivity contribution is -0.118. The molecule has 0 saturated carbocycles. The Labute approximate surface area is 122 Å². The summed E-state index contributed by atoms with van der Waals surface area (Å²) in [5.74, 6) is 0.143. The molecule has 0 saturated heterocycles. The lowest BCUT2D eigenvalue weighted by atomic mass is 9.80. The van der Waals surface area contributed by atoms with Gasteiger partial charge >= 0.3 is 0 Å². The molecule has 1 heterocycles. The molecule has 1 amide bonds. The van der Waals surface area contributed by atoms with Gasteiger partial charge in [-0.3, -0.25) is 4.79 Å². The number of nitrogens with zero attached hydrogens (tertiary/aromatic N) is 2. The number of carbonyl (C=O) groups excluding carboxylic acids is 1. The summed E-state index contributed by atoms with van der Waals surface area (Å²) in [4.78, 5) is 13.9. The van der Waals surface area contributed by atoms with Crippen LogP contribution in [-0.2, 0) is 10.2 Å². The highest BCUT2D eigenvalue weighted by Gasteiger charge is 2.40. The molecule has 4 heteroatoms. The van der Waals surface area contributed by atoms with Gasteiger partial charge in [0.05, 0.1) is 6.07 Å². The van der Waals surface area contributed by atoms with Crippen LogP contribution in [0.4, 0.5) is 5.69 Å². The number of carbonyl (C=O) groups is 1. The standard InChI is InChI=1S/C15H17BrN2O/c1-3-14(19)18-10-15(2,7-4-8-17)12-9-11(16)5-6-13(12)18/h5-6,9H,3-4,7,10H2,1-2H3. The van der Waals surface area contributed by atoms with Crippen LogP contribution >= 0.6 is 15.9 Å². The molecule has 0 aromatic heterocycles. The Morgan fingerprint density at radius 2 is 2.32 bits per heavy atom. The molecule has 3 nitrogen and oxygen atoms in total. The summed E-state index contributed by atoms with van der Waals surface area (Å²) in [7, 11) is 0. The number of rotatable bonds is 3. The van der Waals surface area contributed by atoms with Crippen LogP contribution in [0.2, 0.25) is 0 Å². The van der Waals surface area contributed by atoms with Crippen molar-refractivity contribution in [2.24, 2.45) is 0 Å². The minimum Gasteiger partial charge on any atom is -0.311 e. The van der Waals surface area contributed by atoms with Crippen molar-refractivity contribution >= 4 is 27.5 Å². The summed E-state index contributed by atoms with van der Waals surface area (Å²) < 4.78 is 1.01. The van der Waals surface area contributed by atoms with Crippen LogP contribution < -0.4 is 4.90 Å². The van der Waals surface area contributed by atoms with Crippen molar-refractivity contribution in [2.45, 2.75) is 38.5 Å². The summed E-state index contributed by atoms with van der Waals surface area (Å²) in [6.45, 7) is 4.69. The molecule has 0 radical (unpaired) electrons. The minimum absolute atomic E-state index is 0.125. The van der Waals surface area contributed by atoms with Crippen LogP contribution in [0.1, 0.15) is 38.7 Å².